The largest absolute Gasteiger partial charge is 0.330 e. The number of nitrogens with one attached hydrogen (secondary N) is 1. The number of hydrogen-bond donors (Lipinski definition) is 2. The van der Waals surface area contributed by atoms with Gasteiger partial charge in [-0.15, -0.1) is 10.2 Å². The molecule has 3 N–H and O–H groups in total. The van der Waals surface area contributed by atoms with Crippen LogP contribution in [-0.4, -0.2) is 27.6 Å². The van der Waals surface area contributed by atoms with Crippen LogP contribution in [0, 0.1) is 5.92 Å². The van der Waals surface area contributed by atoms with E-state index in [0.29, 0.717) is 13.0 Å². The van der Waals surface area contributed by atoms with Gasteiger partial charge < -0.3 is 5.73 Å². The first-order chi connectivity index (χ1) is 8.62. The zero-order valence-corrected chi connectivity index (χ0v) is 11.2. The van der Waals surface area contributed by atoms with Crippen molar-refractivity contribution in [2.24, 2.45) is 11.7 Å². The second-order valence-electron chi connectivity index (χ2n) is 4.20. The summed E-state index contributed by atoms with van der Waals surface area (Å²) in [7, 11) is 0. The van der Waals surface area contributed by atoms with Gasteiger partial charge in [-0.1, -0.05) is 20.8 Å². The number of nitrogens with two attached hydrogens (primary N) is 1. The van der Waals surface area contributed by atoms with Gasteiger partial charge in [-0.3, -0.25) is 10.1 Å². The highest BCUT2D eigenvalue weighted by Crippen LogP contribution is 2.09. The molecule has 6 nitrogen and oxygen atoms in total. The summed E-state index contributed by atoms with van der Waals surface area (Å²) < 4.78 is 0. The van der Waals surface area contributed by atoms with Crippen molar-refractivity contribution >= 4 is 11.9 Å². The van der Waals surface area contributed by atoms with E-state index in [9.17, 15) is 4.79 Å². The van der Waals surface area contributed by atoms with Crippen molar-refractivity contribution in [3.05, 3.63) is 11.4 Å². The summed E-state index contributed by atoms with van der Waals surface area (Å²) >= 11 is 0. The van der Waals surface area contributed by atoms with E-state index in [0.717, 1.165) is 24.2 Å². The second-order valence-corrected chi connectivity index (χ2v) is 4.20. The summed E-state index contributed by atoms with van der Waals surface area (Å²) in [6.07, 6.45) is 2.22. The van der Waals surface area contributed by atoms with E-state index in [-0.39, 0.29) is 17.8 Å². The van der Waals surface area contributed by atoms with Gasteiger partial charge in [-0.05, 0) is 25.8 Å². The molecule has 0 aliphatic rings. The minimum absolute atomic E-state index is 0.117. The fraction of sp³-hybridized carbons (Fsp3) is 0.667. The van der Waals surface area contributed by atoms with Crippen LogP contribution in [0.2, 0.25) is 0 Å². The Hall–Kier alpha value is -1.56. The highest BCUT2D eigenvalue weighted by molar-refractivity contribution is 5.90. The molecule has 1 heterocycles. The van der Waals surface area contributed by atoms with E-state index in [1.54, 1.807) is 0 Å². The SMILES string of the molecule is CCc1nnc(NC(=O)C(C)CCN)nc1CC. The Morgan fingerprint density at radius 1 is 1.28 bits per heavy atom. The van der Waals surface area contributed by atoms with Crippen LogP contribution < -0.4 is 11.1 Å². The Balaban J connectivity index is 2.76. The predicted molar refractivity (Wildman–Crippen MR) is 70.0 cm³/mol. The Kier molecular flexibility index (Phi) is 5.64. The van der Waals surface area contributed by atoms with Crippen LogP contribution in [-0.2, 0) is 17.6 Å². The molecule has 6 heteroatoms. The maximum Gasteiger partial charge on any atom is 0.249 e. The van der Waals surface area contributed by atoms with Gasteiger partial charge in [0.1, 0.15) is 0 Å². The first-order valence-electron chi connectivity index (χ1n) is 6.35. The Labute approximate surface area is 107 Å². The molecule has 1 aromatic rings. The van der Waals surface area contributed by atoms with Gasteiger partial charge in [0.2, 0.25) is 11.9 Å². The van der Waals surface area contributed by atoms with Gasteiger partial charge in [-0.25, -0.2) is 4.98 Å². The summed E-state index contributed by atoms with van der Waals surface area (Å²) in [5.74, 6) is 0.0148. The molecule has 18 heavy (non-hydrogen) atoms. The maximum absolute atomic E-state index is 11.8. The van der Waals surface area contributed by atoms with E-state index in [1.807, 2.05) is 20.8 Å². The van der Waals surface area contributed by atoms with Crippen LogP contribution in [0.3, 0.4) is 0 Å². The average molecular weight is 251 g/mol. The average Bonchev–Trinajstić information content (AvgIpc) is 2.38. The molecule has 0 bridgehead atoms. The lowest BCUT2D eigenvalue weighted by Crippen LogP contribution is -2.24. The number of anilines is 1. The highest BCUT2D eigenvalue weighted by atomic mass is 16.2. The number of carbonyl (C=O) groups is 1. The first kappa shape index (κ1) is 14.5. The van der Waals surface area contributed by atoms with Gasteiger partial charge in [0.15, 0.2) is 0 Å². The smallest absolute Gasteiger partial charge is 0.249 e. The monoisotopic (exact) mass is 251 g/mol. The summed E-state index contributed by atoms with van der Waals surface area (Å²) in [5.41, 5.74) is 7.18. The third-order valence-electron chi connectivity index (χ3n) is 2.79. The lowest BCUT2D eigenvalue weighted by Gasteiger charge is -2.10. The molecule has 1 amide bonds. The molecule has 0 aliphatic heterocycles. The molecule has 0 spiro atoms. The minimum Gasteiger partial charge on any atom is -0.330 e. The summed E-state index contributed by atoms with van der Waals surface area (Å²) in [5, 5.41) is 10.7. The molecular weight excluding hydrogens is 230 g/mol. The highest BCUT2D eigenvalue weighted by Gasteiger charge is 2.14. The maximum atomic E-state index is 11.8. The Morgan fingerprint density at radius 2 is 1.94 bits per heavy atom. The van der Waals surface area contributed by atoms with Crippen LogP contribution in [0.15, 0.2) is 0 Å². The summed E-state index contributed by atoms with van der Waals surface area (Å²) in [6, 6.07) is 0. The van der Waals surface area contributed by atoms with Crippen LogP contribution in [0.4, 0.5) is 5.95 Å². The van der Waals surface area contributed by atoms with Crippen molar-refractivity contribution < 1.29 is 4.79 Å². The summed E-state index contributed by atoms with van der Waals surface area (Å²) in [6.45, 7) is 6.33. The lowest BCUT2D eigenvalue weighted by atomic mass is 10.1. The third kappa shape index (κ3) is 3.73. The molecular formula is C12H21N5O. The van der Waals surface area contributed by atoms with Crippen molar-refractivity contribution in [1.29, 1.82) is 0 Å². The fourth-order valence-electron chi connectivity index (χ4n) is 1.61. The van der Waals surface area contributed by atoms with Gasteiger partial charge >= 0.3 is 0 Å². The number of rotatable bonds is 6. The number of amides is 1. The number of carbonyl (C=O) groups excluding carboxylic acids is 1. The quantitative estimate of drug-likeness (QED) is 0.784. The fourth-order valence-corrected chi connectivity index (χ4v) is 1.61. The number of aryl methyl sites for hydroxylation is 2. The predicted octanol–water partition coefficient (Wildman–Crippen LogP) is 0.920. The molecule has 0 saturated heterocycles. The van der Waals surface area contributed by atoms with E-state index < -0.39 is 0 Å². The molecule has 0 saturated carbocycles. The molecule has 0 fully saturated rings. The van der Waals surface area contributed by atoms with Crippen molar-refractivity contribution in [2.45, 2.75) is 40.0 Å². The van der Waals surface area contributed by atoms with E-state index >= 15 is 0 Å². The zero-order valence-electron chi connectivity index (χ0n) is 11.2. The van der Waals surface area contributed by atoms with Crippen LogP contribution in [0.5, 0.6) is 0 Å². The standard InChI is InChI=1S/C12H21N5O/c1-4-9-10(5-2)16-17-12(14-9)15-11(18)8(3)6-7-13/h8H,4-7,13H2,1-3H3,(H,14,15,17,18). The topological polar surface area (TPSA) is 93.8 Å². The first-order valence-corrected chi connectivity index (χ1v) is 6.35. The van der Waals surface area contributed by atoms with Gasteiger partial charge in [0.05, 0.1) is 11.4 Å². The molecule has 1 aromatic heterocycles. The molecule has 0 aromatic carbocycles. The van der Waals surface area contributed by atoms with Crippen LogP contribution >= 0.6 is 0 Å². The van der Waals surface area contributed by atoms with E-state index in [4.69, 9.17) is 5.73 Å². The van der Waals surface area contributed by atoms with E-state index in [2.05, 4.69) is 20.5 Å². The molecule has 0 aliphatic carbocycles. The van der Waals surface area contributed by atoms with E-state index in [1.165, 1.54) is 0 Å². The molecule has 100 valence electrons. The lowest BCUT2D eigenvalue weighted by molar-refractivity contribution is -0.119. The number of hydrogen-bond acceptors (Lipinski definition) is 5. The normalized spacial score (nSPS) is 12.2. The minimum atomic E-state index is -0.144. The van der Waals surface area contributed by atoms with Crippen molar-refractivity contribution in [1.82, 2.24) is 15.2 Å². The van der Waals surface area contributed by atoms with Gasteiger partial charge in [-0.2, -0.15) is 0 Å². The Bertz CT molecular complexity index is 407. The molecule has 1 rings (SSSR count). The third-order valence-corrected chi connectivity index (χ3v) is 2.79. The van der Waals surface area contributed by atoms with Crippen molar-refractivity contribution in [3.8, 4) is 0 Å². The van der Waals surface area contributed by atoms with Crippen molar-refractivity contribution in [2.75, 3.05) is 11.9 Å². The van der Waals surface area contributed by atoms with Gasteiger partial charge in [0, 0.05) is 5.92 Å². The number of nitrogens with zero attached hydrogens (tertiary/aromatic N) is 3. The number of aromatic nitrogens is 3. The summed E-state index contributed by atoms with van der Waals surface area (Å²) in [4.78, 5) is 16.1. The van der Waals surface area contributed by atoms with Crippen LogP contribution in [0.1, 0.15) is 38.6 Å². The zero-order chi connectivity index (χ0) is 13.5. The Morgan fingerprint density at radius 3 is 2.50 bits per heavy atom. The molecule has 0 radical (unpaired) electrons. The second kappa shape index (κ2) is 7.00. The van der Waals surface area contributed by atoms with Gasteiger partial charge in [0.25, 0.3) is 0 Å². The molecule has 1 unspecified atom stereocenters. The van der Waals surface area contributed by atoms with Crippen LogP contribution in [0.25, 0.3) is 0 Å². The van der Waals surface area contributed by atoms with Crippen molar-refractivity contribution in [3.63, 3.8) is 0 Å². The molecule has 1 atom stereocenters.